The number of allylic oxidation sites excluding steroid dienone is 4. The minimum Gasteiger partial charge on any atom is -0.385 e. The zero-order valence-electron chi connectivity index (χ0n) is 15.0. The van der Waals surface area contributed by atoms with Crippen LogP contribution in [0.2, 0.25) is 5.02 Å². The summed E-state index contributed by atoms with van der Waals surface area (Å²) in [6, 6.07) is 10.7. The molecule has 7 heteroatoms. The van der Waals surface area contributed by atoms with Gasteiger partial charge in [-0.1, -0.05) is 29.8 Å². The highest BCUT2D eigenvalue weighted by Gasteiger charge is 2.28. The molecule has 0 spiro atoms. The highest BCUT2D eigenvalue weighted by Crippen LogP contribution is 2.30. The van der Waals surface area contributed by atoms with Gasteiger partial charge in [0.05, 0.1) is 23.1 Å². The largest absolute Gasteiger partial charge is 0.385 e. The number of carbonyl (C=O) groups excluding carboxylic acids is 1. The Bertz CT molecular complexity index is 1130. The summed E-state index contributed by atoms with van der Waals surface area (Å²) in [4.78, 5) is 17.1. The highest BCUT2D eigenvalue weighted by molar-refractivity contribution is 6.31. The van der Waals surface area contributed by atoms with Crippen molar-refractivity contribution in [1.29, 1.82) is 0 Å². The molecule has 1 atom stereocenters. The van der Waals surface area contributed by atoms with Gasteiger partial charge >= 0.3 is 0 Å². The van der Waals surface area contributed by atoms with E-state index < -0.39 is 17.3 Å². The van der Waals surface area contributed by atoms with Crippen LogP contribution in [-0.2, 0) is 10.4 Å². The van der Waals surface area contributed by atoms with Gasteiger partial charge in [-0.2, -0.15) is 0 Å². The molecule has 2 N–H and O–H groups in total. The summed E-state index contributed by atoms with van der Waals surface area (Å²) in [5.41, 5.74) is 1.32. The van der Waals surface area contributed by atoms with Crippen molar-refractivity contribution in [1.82, 2.24) is 9.55 Å². The van der Waals surface area contributed by atoms with E-state index in [-0.39, 0.29) is 6.42 Å². The predicted molar refractivity (Wildman–Crippen MR) is 107 cm³/mol. The van der Waals surface area contributed by atoms with Crippen LogP contribution in [0.15, 0.2) is 60.7 Å². The zero-order valence-corrected chi connectivity index (χ0v) is 15.7. The summed E-state index contributed by atoms with van der Waals surface area (Å²) in [5, 5.41) is 14.0. The fraction of sp³-hybridized carbons (Fsp3) is 0.143. The quantitative estimate of drug-likeness (QED) is 0.667. The number of halogens is 2. The molecule has 1 aromatic heterocycles. The van der Waals surface area contributed by atoms with Gasteiger partial charge in [-0.25, -0.2) is 9.37 Å². The number of benzene rings is 2. The van der Waals surface area contributed by atoms with E-state index in [1.807, 2.05) is 18.2 Å². The van der Waals surface area contributed by atoms with Crippen molar-refractivity contribution >= 4 is 40.2 Å². The molecule has 1 amide bonds. The zero-order chi connectivity index (χ0) is 19.9. The van der Waals surface area contributed by atoms with Crippen LogP contribution in [0.25, 0.3) is 16.7 Å². The Kier molecular flexibility index (Phi) is 4.53. The van der Waals surface area contributed by atoms with Crippen LogP contribution in [0.5, 0.6) is 0 Å². The van der Waals surface area contributed by atoms with Crippen molar-refractivity contribution in [2.24, 2.45) is 0 Å². The van der Waals surface area contributed by atoms with Crippen molar-refractivity contribution in [3.05, 3.63) is 77.1 Å². The normalized spacial score (nSPS) is 15.1. The second-order valence-electron chi connectivity index (χ2n) is 6.86. The van der Waals surface area contributed by atoms with E-state index in [2.05, 4.69) is 10.3 Å². The fourth-order valence-electron chi connectivity index (χ4n) is 3.12. The van der Waals surface area contributed by atoms with Gasteiger partial charge in [0.1, 0.15) is 5.82 Å². The molecule has 2 aromatic carbocycles. The van der Waals surface area contributed by atoms with Crippen LogP contribution in [0.3, 0.4) is 0 Å². The number of hydrogen-bond acceptors (Lipinski definition) is 3. The molecule has 0 saturated heterocycles. The molecule has 1 aliphatic rings. The first kappa shape index (κ1) is 18.4. The van der Waals surface area contributed by atoms with Crippen LogP contribution in [-0.4, -0.2) is 20.6 Å². The van der Waals surface area contributed by atoms with E-state index in [4.69, 9.17) is 11.6 Å². The summed E-state index contributed by atoms with van der Waals surface area (Å²) in [6.45, 7) is 1.51. The third kappa shape index (κ3) is 3.44. The first-order chi connectivity index (χ1) is 13.3. The van der Waals surface area contributed by atoms with Gasteiger partial charge in [0, 0.05) is 10.7 Å². The Labute approximate surface area is 165 Å². The van der Waals surface area contributed by atoms with Crippen molar-refractivity contribution in [3.63, 3.8) is 0 Å². The number of rotatable bonds is 5. The van der Waals surface area contributed by atoms with Crippen LogP contribution >= 0.6 is 11.6 Å². The number of carbonyl (C=O) groups is 1. The van der Waals surface area contributed by atoms with Gasteiger partial charge in [-0.05, 0) is 55.0 Å². The maximum absolute atomic E-state index is 13.1. The number of fused-ring (bicyclic) bond motifs is 1. The Morgan fingerprint density at radius 3 is 2.64 bits per heavy atom. The van der Waals surface area contributed by atoms with Gasteiger partial charge in [0.15, 0.2) is 0 Å². The van der Waals surface area contributed by atoms with E-state index in [1.165, 1.54) is 31.2 Å². The average Bonchev–Trinajstić information content (AvgIpc) is 2.90. The average molecular weight is 398 g/mol. The molecule has 1 aliphatic carbocycles. The van der Waals surface area contributed by atoms with E-state index >= 15 is 0 Å². The molecule has 28 heavy (non-hydrogen) atoms. The molecule has 0 radical (unpaired) electrons. The SMILES string of the molecule is C[C@](O)(CC(=O)Nc1nc2ccc(Cl)cc2n1C1=CC=C1)c1ccc(F)cc1. The summed E-state index contributed by atoms with van der Waals surface area (Å²) in [6.07, 6.45) is 5.47. The summed E-state index contributed by atoms with van der Waals surface area (Å²) in [7, 11) is 0. The summed E-state index contributed by atoms with van der Waals surface area (Å²) in [5.74, 6) is -0.480. The molecule has 0 bridgehead atoms. The lowest BCUT2D eigenvalue weighted by Gasteiger charge is -2.23. The Balaban J connectivity index is 1.61. The molecular formula is C21H17ClFN3O2. The second kappa shape index (κ2) is 6.89. The fourth-order valence-corrected chi connectivity index (χ4v) is 3.28. The standard InChI is InChI=1S/C21H17ClFN3O2/c1-21(28,13-5-8-15(23)9-6-13)12-19(27)25-20-24-17-10-7-14(22)11-18(17)26(20)16-3-2-4-16/h2-11,28H,12H2,1H3,(H,24,25,27)/t21-/m0/s1. The molecule has 0 fully saturated rings. The number of imidazole rings is 1. The number of aromatic nitrogens is 2. The van der Waals surface area contributed by atoms with Crippen molar-refractivity contribution in [2.45, 2.75) is 18.9 Å². The molecule has 142 valence electrons. The van der Waals surface area contributed by atoms with Crippen LogP contribution in [0, 0.1) is 5.82 Å². The van der Waals surface area contributed by atoms with E-state index in [1.54, 1.807) is 22.8 Å². The maximum Gasteiger partial charge on any atom is 0.229 e. The Morgan fingerprint density at radius 1 is 1.29 bits per heavy atom. The summed E-state index contributed by atoms with van der Waals surface area (Å²) < 4.78 is 14.9. The molecule has 1 heterocycles. The highest BCUT2D eigenvalue weighted by atomic mass is 35.5. The predicted octanol–water partition coefficient (Wildman–Crippen LogP) is 4.48. The minimum absolute atomic E-state index is 0.211. The van der Waals surface area contributed by atoms with Crippen molar-refractivity contribution in [3.8, 4) is 0 Å². The van der Waals surface area contributed by atoms with Gasteiger partial charge in [0.2, 0.25) is 11.9 Å². The monoisotopic (exact) mass is 397 g/mol. The smallest absolute Gasteiger partial charge is 0.229 e. The number of anilines is 1. The maximum atomic E-state index is 13.1. The third-order valence-electron chi connectivity index (χ3n) is 4.63. The lowest BCUT2D eigenvalue weighted by Crippen LogP contribution is -2.29. The first-order valence-corrected chi connectivity index (χ1v) is 9.06. The van der Waals surface area contributed by atoms with Crippen molar-refractivity contribution < 1.29 is 14.3 Å². The third-order valence-corrected chi connectivity index (χ3v) is 4.87. The molecular weight excluding hydrogens is 381 g/mol. The number of hydrogen-bond donors (Lipinski definition) is 2. The second-order valence-corrected chi connectivity index (χ2v) is 7.30. The topological polar surface area (TPSA) is 67.2 Å². The van der Waals surface area contributed by atoms with E-state index in [0.717, 1.165) is 11.2 Å². The minimum atomic E-state index is -1.45. The lowest BCUT2D eigenvalue weighted by atomic mass is 9.92. The number of aliphatic hydroxyl groups is 1. The Hall–Kier alpha value is -2.96. The van der Waals surface area contributed by atoms with Gasteiger partial charge < -0.3 is 5.11 Å². The molecule has 0 aliphatic heterocycles. The van der Waals surface area contributed by atoms with Crippen molar-refractivity contribution in [2.75, 3.05) is 5.32 Å². The van der Waals surface area contributed by atoms with Crippen LogP contribution in [0.4, 0.5) is 10.3 Å². The molecule has 0 saturated carbocycles. The van der Waals surface area contributed by atoms with Crippen LogP contribution < -0.4 is 5.32 Å². The van der Waals surface area contributed by atoms with Gasteiger partial charge in [-0.15, -0.1) is 0 Å². The van der Waals surface area contributed by atoms with Crippen LogP contribution in [0.1, 0.15) is 18.9 Å². The first-order valence-electron chi connectivity index (χ1n) is 8.68. The Morgan fingerprint density at radius 2 is 2.00 bits per heavy atom. The molecule has 5 nitrogen and oxygen atoms in total. The summed E-state index contributed by atoms with van der Waals surface area (Å²) >= 11 is 6.11. The van der Waals surface area contributed by atoms with E-state index in [9.17, 15) is 14.3 Å². The lowest BCUT2D eigenvalue weighted by molar-refractivity contribution is -0.120. The van der Waals surface area contributed by atoms with Gasteiger partial charge in [0.25, 0.3) is 0 Å². The molecule has 3 aromatic rings. The molecule has 0 unspecified atom stereocenters. The number of amides is 1. The molecule has 4 rings (SSSR count). The van der Waals surface area contributed by atoms with Gasteiger partial charge in [-0.3, -0.25) is 14.7 Å². The number of nitrogens with zero attached hydrogens (tertiary/aromatic N) is 2. The number of nitrogens with one attached hydrogen (secondary N) is 1. The van der Waals surface area contributed by atoms with E-state index in [0.29, 0.717) is 22.1 Å².